The molecule has 0 fully saturated rings. The second-order valence-electron chi connectivity index (χ2n) is 4.26. The molecule has 0 aliphatic heterocycles. The van der Waals surface area contributed by atoms with E-state index in [0.29, 0.717) is 5.75 Å². The first-order valence-electron chi connectivity index (χ1n) is 6.31. The second-order valence-corrected chi connectivity index (χ2v) is 4.26. The van der Waals surface area contributed by atoms with Crippen molar-refractivity contribution in [2.75, 3.05) is 14.2 Å². The van der Waals surface area contributed by atoms with Crippen molar-refractivity contribution < 1.29 is 14.3 Å². The number of hydrogen-bond donors (Lipinski definition) is 1. The van der Waals surface area contributed by atoms with E-state index >= 15 is 0 Å². The summed E-state index contributed by atoms with van der Waals surface area (Å²) in [5.41, 5.74) is 0.807. The molecule has 1 aromatic carbocycles. The van der Waals surface area contributed by atoms with Crippen LogP contribution in [0.25, 0.3) is 6.08 Å². The van der Waals surface area contributed by atoms with Gasteiger partial charge in [-0.05, 0) is 37.6 Å². The molecule has 0 radical (unpaired) electrons. The first kappa shape index (κ1) is 15.1. The largest absolute Gasteiger partial charge is 0.497 e. The summed E-state index contributed by atoms with van der Waals surface area (Å²) in [7, 11) is 3.20. The van der Waals surface area contributed by atoms with Crippen LogP contribution in [-0.4, -0.2) is 26.2 Å². The minimum atomic E-state index is -0.112. The highest BCUT2D eigenvalue weighted by atomic mass is 16.5. The van der Waals surface area contributed by atoms with E-state index in [1.165, 1.54) is 6.08 Å². The average Bonchev–Trinajstić information content (AvgIpc) is 2.44. The first-order chi connectivity index (χ1) is 9.10. The lowest BCUT2D eigenvalue weighted by Gasteiger charge is -2.09. The fourth-order valence-corrected chi connectivity index (χ4v) is 1.53. The third kappa shape index (κ3) is 4.66. The van der Waals surface area contributed by atoms with Crippen LogP contribution >= 0.6 is 0 Å². The molecule has 4 heteroatoms. The minimum Gasteiger partial charge on any atom is -0.497 e. The van der Waals surface area contributed by atoms with Gasteiger partial charge in [0.05, 0.1) is 14.2 Å². The van der Waals surface area contributed by atoms with E-state index < -0.39 is 0 Å². The molecule has 0 unspecified atom stereocenters. The third-order valence-electron chi connectivity index (χ3n) is 2.85. The van der Waals surface area contributed by atoms with Crippen LogP contribution in [0.15, 0.2) is 24.3 Å². The number of rotatable bonds is 6. The second kappa shape index (κ2) is 7.46. The van der Waals surface area contributed by atoms with Gasteiger partial charge in [0.15, 0.2) is 0 Å². The van der Waals surface area contributed by atoms with Crippen molar-refractivity contribution in [3.8, 4) is 11.5 Å². The van der Waals surface area contributed by atoms with Crippen molar-refractivity contribution in [1.29, 1.82) is 0 Å². The Balaban J connectivity index is 2.82. The molecule has 1 rings (SSSR count). The van der Waals surface area contributed by atoms with Gasteiger partial charge >= 0.3 is 0 Å². The Morgan fingerprint density at radius 3 is 2.68 bits per heavy atom. The van der Waals surface area contributed by atoms with E-state index in [4.69, 9.17) is 9.47 Å². The molecule has 0 spiro atoms. The zero-order valence-corrected chi connectivity index (χ0v) is 11.9. The average molecular weight is 263 g/mol. The number of hydrogen-bond acceptors (Lipinski definition) is 3. The zero-order chi connectivity index (χ0) is 14.3. The molecule has 0 aliphatic carbocycles. The molecule has 1 N–H and O–H groups in total. The van der Waals surface area contributed by atoms with Crippen LogP contribution < -0.4 is 14.8 Å². The molecule has 0 saturated heterocycles. The maximum Gasteiger partial charge on any atom is 0.244 e. The summed E-state index contributed by atoms with van der Waals surface area (Å²) in [4.78, 5) is 11.7. The van der Waals surface area contributed by atoms with Gasteiger partial charge in [0.1, 0.15) is 11.5 Å². The van der Waals surface area contributed by atoms with E-state index in [0.717, 1.165) is 17.7 Å². The summed E-state index contributed by atoms with van der Waals surface area (Å²) in [5.74, 6) is 1.32. The van der Waals surface area contributed by atoms with Gasteiger partial charge in [-0.1, -0.05) is 6.92 Å². The standard InChI is InChI=1S/C15H21NO3/c1-5-11(2)16-15(17)9-6-12-10-13(18-3)7-8-14(12)19-4/h6-11H,5H2,1-4H3,(H,16,17)/b9-6+/t11-/m0/s1. The molecule has 1 atom stereocenters. The van der Waals surface area contributed by atoms with Gasteiger partial charge in [0, 0.05) is 17.7 Å². The van der Waals surface area contributed by atoms with E-state index in [1.54, 1.807) is 20.3 Å². The van der Waals surface area contributed by atoms with E-state index in [9.17, 15) is 4.79 Å². The molecule has 0 aromatic heterocycles. The Labute approximate surface area is 114 Å². The Morgan fingerprint density at radius 1 is 1.37 bits per heavy atom. The van der Waals surface area contributed by atoms with Crippen LogP contribution in [0.2, 0.25) is 0 Å². The van der Waals surface area contributed by atoms with Gasteiger partial charge in [-0.25, -0.2) is 0 Å². The van der Waals surface area contributed by atoms with Gasteiger partial charge in [0.2, 0.25) is 5.91 Å². The van der Waals surface area contributed by atoms with Crippen LogP contribution in [0.5, 0.6) is 11.5 Å². The Morgan fingerprint density at radius 2 is 2.11 bits per heavy atom. The summed E-state index contributed by atoms with van der Waals surface area (Å²) >= 11 is 0. The molecular formula is C15H21NO3. The van der Waals surface area contributed by atoms with Gasteiger partial charge in [0.25, 0.3) is 0 Å². The lowest BCUT2D eigenvalue weighted by molar-refractivity contribution is -0.117. The normalized spacial score (nSPS) is 12.2. The van der Waals surface area contributed by atoms with Crippen molar-refractivity contribution in [2.24, 2.45) is 0 Å². The van der Waals surface area contributed by atoms with Crippen molar-refractivity contribution in [2.45, 2.75) is 26.3 Å². The van der Waals surface area contributed by atoms with E-state index in [-0.39, 0.29) is 11.9 Å². The number of carbonyl (C=O) groups is 1. The SMILES string of the molecule is CC[C@H](C)NC(=O)/C=C/c1cc(OC)ccc1OC. The molecule has 0 bridgehead atoms. The third-order valence-corrected chi connectivity index (χ3v) is 2.85. The highest BCUT2D eigenvalue weighted by Crippen LogP contribution is 2.24. The van der Waals surface area contributed by atoms with Gasteiger partial charge < -0.3 is 14.8 Å². The van der Waals surface area contributed by atoms with Crippen molar-refractivity contribution in [1.82, 2.24) is 5.32 Å². The zero-order valence-electron chi connectivity index (χ0n) is 11.9. The summed E-state index contributed by atoms with van der Waals surface area (Å²) in [5, 5.41) is 2.87. The van der Waals surface area contributed by atoms with Crippen LogP contribution in [0.3, 0.4) is 0 Å². The Bertz CT molecular complexity index is 455. The van der Waals surface area contributed by atoms with Crippen LogP contribution in [0, 0.1) is 0 Å². The lowest BCUT2D eigenvalue weighted by Crippen LogP contribution is -2.30. The number of benzene rings is 1. The maximum absolute atomic E-state index is 11.7. The van der Waals surface area contributed by atoms with Crippen LogP contribution in [-0.2, 0) is 4.79 Å². The molecular weight excluding hydrogens is 242 g/mol. The van der Waals surface area contributed by atoms with Crippen LogP contribution in [0.4, 0.5) is 0 Å². The predicted molar refractivity (Wildman–Crippen MR) is 76.5 cm³/mol. The molecule has 0 heterocycles. The fourth-order valence-electron chi connectivity index (χ4n) is 1.53. The first-order valence-corrected chi connectivity index (χ1v) is 6.31. The molecule has 4 nitrogen and oxygen atoms in total. The summed E-state index contributed by atoms with van der Waals surface area (Å²) in [6.45, 7) is 4.00. The van der Waals surface area contributed by atoms with Crippen LogP contribution in [0.1, 0.15) is 25.8 Å². The lowest BCUT2D eigenvalue weighted by atomic mass is 10.1. The molecule has 1 amide bonds. The smallest absolute Gasteiger partial charge is 0.244 e. The number of nitrogens with one attached hydrogen (secondary N) is 1. The molecule has 0 saturated carbocycles. The summed E-state index contributed by atoms with van der Waals surface area (Å²) < 4.78 is 10.4. The molecule has 104 valence electrons. The molecule has 1 aromatic rings. The highest BCUT2D eigenvalue weighted by Gasteiger charge is 2.04. The van der Waals surface area contributed by atoms with E-state index in [1.807, 2.05) is 32.0 Å². The number of carbonyl (C=O) groups excluding carboxylic acids is 1. The summed E-state index contributed by atoms with van der Waals surface area (Å²) in [6.07, 6.45) is 4.13. The highest BCUT2D eigenvalue weighted by molar-refractivity contribution is 5.92. The topological polar surface area (TPSA) is 47.6 Å². The summed E-state index contributed by atoms with van der Waals surface area (Å²) in [6, 6.07) is 5.62. The number of ether oxygens (including phenoxy) is 2. The fraction of sp³-hybridized carbons (Fsp3) is 0.400. The maximum atomic E-state index is 11.7. The Hall–Kier alpha value is -1.97. The van der Waals surface area contributed by atoms with Gasteiger partial charge in [-0.3, -0.25) is 4.79 Å². The van der Waals surface area contributed by atoms with Crippen molar-refractivity contribution >= 4 is 12.0 Å². The monoisotopic (exact) mass is 263 g/mol. The predicted octanol–water partition coefficient (Wildman–Crippen LogP) is 2.63. The van der Waals surface area contributed by atoms with Crippen molar-refractivity contribution in [3.63, 3.8) is 0 Å². The van der Waals surface area contributed by atoms with E-state index in [2.05, 4.69) is 5.32 Å². The van der Waals surface area contributed by atoms with Gasteiger partial charge in [-0.15, -0.1) is 0 Å². The quantitative estimate of drug-likeness (QED) is 0.803. The van der Waals surface area contributed by atoms with Crippen molar-refractivity contribution in [3.05, 3.63) is 29.8 Å². The minimum absolute atomic E-state index is 0.112. The molecule has 0 aliphatic rings. The number of methoxy groups -OCH3 is 2. The molecule has 19 heavy (non-hydrogen) atoms. The van der Waals surface area contributed by atoms with Gasteiger partial charge in [-0.2, -0.15) is 0 Å². The Kier molecular flexibility index (Phi) is 5.93. The number of amides is 1.